The van der Waals surface area contributed by atoms with Gasteiger partial charge in [0.05, 0.1) is 10.6 Å². The Hall–Kier alpha value is -1.98. The van der Waals surface area contributed by atoms with Crippen LogP contribution in [0, 0.1) is 26.9 Å². The number of hydrogen-bond donors (Lipinski definition) is 2. The summed E-state index contributed by atoms with van der Waals surface area (Å²) in [6, 6.07) is 0. The van der Waals surface area contributed by atoms with Gasteiger partial charge in [0.2, 0.25) is 5.71 Å². The third kappa shape index (κ3) is 2.41. The molecule has 1 atom stereocenters. The smallest absolute Gasteiger partial charge is 0.297 e. The first-order chi connectivity index (χ1) is 7.81. The van der Waals surface area contributed by atoms with Gasteiger partial charge in [-0.15, -0.1) is 0 Å². The Morgan fingerprint density at radius 1 is 1.59 bits per heavy atom. The summed E-state index contributed by atoms with van der Waals surface area (Å²) in [6.45, 7) is 5.71. The molecule has 0 saturated carbocycles. The van der Waals surface area contributed by atoms with Crippen LogP contribution in [0.25, 0.3) is 0 Å². The lowest BCUT2D eigenvalue weighted by Crippen LogP contribution is -2.22. The van der Waals surface area contributed by atoms with E-state index in [1.807, 2.05) is 20.8 Å². The Labute approximate surface area is 99.0 Å². The van der Waals surface area contributed by atoms with Crippen molar-refractivity contribution in [3.05, 3.63) is 34.0 Å². The van der Waals surface area contributed by atoms with Crippen LogP contribution in [0.15, 0.2) is 29.1 Å². The maximum atomic E-state index is 11.0. The molecule has 17 heavy (non-hydrogen) atoms. The van der Waals surface area contributed by atoms with Crippen molar-refractivity contribution < 1.29 is 10.1 Å². The van der Waals surface area contributed by atoms with Gasteiger partial charge >= 0.3 is 0 Å². The van der Waals surface area contributed by atoms with E-state index in [0.29, 0.717) is 0 Å². The number of hydrogen-bond acceptors (Lipinski definition) is 5. The summed E-state index contributed by atoms with van der Waals surface area (Å²) in [5.41, 5.74) is -1.35. The summed E-state index contributed by atoms with van der Waals surface area (Å²) < 4.78 is 0. The lowest BCUT2D eigenvalue weighted by molar-refractivity contribution is -0.415. The van der Waals surface area contributed by atoms with E-state index in [1.54, 1.807) is 6.08 Å². The van der Waals surface area contributed by atoms with Crippen molar-refractivity contribution >= 4 is 11.4 Å². The molecule has 0 aliphatic heterocycles. The molecule has 0 heterocycles. The highest BCUT2D eigenvalue weighted by Gasteiger charge is 2.34. The molecule has 6 heteroatoms. The second-order valence-corrected chi connectivity index (χ2v) is 4.50. The van der Waals surface area contributed by atoms with Crippen LogP contribution in [-0.4, -0.2) is 21.6 Å². The van der Waals surface area contributed by atoms with Gasteiger partial charge in [-0.3, -0.25) is 15.5 Å². The fourth-order valence-corrected chi connectivity index (χ4v) is 1.49. The van der Waals surface area contributed by atoms with E-state index in [9.17, 15) is 10.1 Å². The van der Waals surface area contributed by atoms with E-state index < -0.39 is 10.3 Å². The van der Waals surface area contributed by atoms with Crippen LogP contribution in [0.1, 0.15) is 20.8 Å². The summed E-state index contributed by atoms with van der Waals surface area (Å²) in [5, 5.41) is 30.2. The topological polar surface area (TPSA) is 99.6 Å². The first kappa shape index (κ1) is 13.1. The second kappa shape index (κ2) is 4.48. The van der Waals surface area contributed by atoms with Crippen LogP contribution in [0.4, 0.5) is 0 Å². The van der Waals surface area contributed by atoms with E-state index in [4.69, 9.17) is 10.6 Å². The largest absolute Gasteiger partial charge is 0.410 e. The molecule has 0 aromatic rings. The van der Waals surface area contributed by atoms with E-state index in [1.165, 1.54) is 12.2 Å². The normalized spacial score (nSPS) is 27.2. The van der Waals surface area contributed by atoms with Crippen LogP contribution < -0.4 is 0 Å². The zero-order chi connectivity index (χ0) is 13.2. The van der Waals surface area contributed by atoms with E-state index >= 15 is 0 Å². The van der Waals surface area contributed by atoms with Crippen molar-refractivity contribution in [3.63, 3.8) is 0 Å². The molecular formula is C11H15N3O3. The van der Waals surface area contributed by atoms with Gasteiger partial charge in [-0.2, -0.15) is 0 Å². The molecule has 92 valence electrons. The van der Waals surface area contributed by atoms with E-state index in [-0.39, 0.29) is 23.0 Å². The summed E-state index contributed by atoms with van der Waals surface area (Å²) >= 11 is 0. The minimum absolute atomic E-state index is 0.125. The molecule has 0 bridgehead atoms. The first-order valence-electron chi connectivity index (χ1n) is 5.19. The van der Waals surface area contributed by atoms with Gasteiger partial charge in [0.15, 0.2) is 0 Å². The summed E-state index contributed by atoms with van der Waals surface area (Å²) in [6.07, 6.45) is 4.59. The fraction of sp³-hybridized carbons (Fsp3) is 0.455. The number of nitro groups is 1. The third-order valence-electron chi connectivity index (χ3n) is 3.10. The SMILES string of the molecule is CC(C)C1(C)C=CC(=N)/C(=N\O)C([N+](=O)[O-])=C1. The maximum absolute atomic E-state index is 11.0. The van der Waals surface area contributed by atoms with Crippen molar-refractivity contribution in [2.75, 3.05) is 0 Å². The van der Waals surface area contributed by atoms with Gasteiger partial charge in [-0.1, -0.05) is 32.0 Å². The van der Waals surface area contributed by atoms with Crippen LogP contribution >= 0.6 is 0 Å². The fourth-order valence-electron chi connectivity index (χ4n) is 1.49. The average molecular weight is 237 g/mol. The Balaban J connectivity index is 3.44. The van der Waals surface area contributed by atoms with Crippen LogP contribution in [-0.2, 0) is 0 Å². The molecule has 0 radical (unpaired) electrons. The van der Waals surface area contributed by atoms with Gasteiger partial charge in [0.1, 0.15) is 0 Å². The number of rotatable bonds is 2. The van der Waals surface area contributed by atoms with Gasteiger partial charge in [-0.05, 0) is 12.0 Å². The summed E-state index contributed by atoms with van der Waals surface area (Å²) in [5.74, 6) is 0.125. The Morgan fingerprint density at radius 2 is 2.18 bits per heavy atom. The van der Waals surface area contributed by atoms with Gasteiger partial charge in [-0.25, -0.2) is 0 Å². The Bertz CT molecular complexity index is 449. The van der Waals surface area contributed by atoms with Crippen LogP contribution in [0.5, 0.6) is 0 Å². The quantitative estimate of drug-likeness (QED) is 0.437. The molecule has 0 aromatic carbocycles. The Morgan fingerprint density at radius 3 is 2.59 bits per heavy atom. The molecule has 6 nitrogen and oxygen atoms in total. The molecule has 0 fully saturated rings. The monoisotopic (exact) mass is 237 g/mol. The van der Waals surface area contributed by atoms with Gasteiger partial charge < -0.3 is 5.21 Å². The molecule has 0 aromatic heterocycles. The molecule has 1 aliphatic carbocycles. The molecule has 1 rings (SSSR count). The van der Waals surface area contributed by atoms with Crippen molar-refractivity contribution in [2.45, 2.75) is 20.8 Å². The highest BCUT2D eigenvalue weighted by molar-refractivity contribution is 6.50. The second-order valence-electron chi connectivity index (χ2n) is 4.50. The lowest BCUT2D eigenvalue weighted by Gasteiger charge is -2.25. The van der Waals surface area contributed by atoms with Crippen LogP contribution in [0.3, 0.4) is 0 Å². The predicted molar refractivity (Wildman–Crippen MR) is 64.1 cm³/mol. The molecule has 0 saturated heterocycles. The molecule has 1 aliphatic rings. The van der Waals surface area contributed by atoms with E-state index in [2.05, 4.69) is 5.16 Å². The third-order valence-corrected chi connectivity index (χ3v) is 3.10. The summed E-state index contributed by atoms with van der Waals surface area (Å²) in [7, 11) is 0. The predicted octanol–water partition coefficient (Wildman–Crippen LogP) is 2.23. The lowest BCUT2D eigenvalue weighted by atomic mass is 9.78. The average Bonchev–Trinajstić information content (AvgIpc) is 2.37. The number of nitrogens with zero attached hydrogens (tertiary/aromatic N) is 2. The van der Waals surface area contributed by atoms with Crippen molar-refractivity contribution in [3.8, 4) is 0 Å². The van der Waals surface area contributed by atoms with Crippen molar-refractivity contribution in [1.82, 2.24) is 0 Å². The van der Waals surface area contributed by atoms with Gasteiger partial charge in [0, 0.05) is 11.5 Å². The molecule has 1 unspecified atom stereocenters. The first-order valence-corrected chi connectivity index (χ1v) is 5.19. The molecule has 2 N–H and O–H groups in total. The van der Waals surface area contributed by atoms with Gasteiger partial charge in [0.25, 0.3) is 5.70 Å². The molecule has 0 amide bonds. The summed E-state index contributed by atoms with van der Waals surface area (Å²) in [4.78, 5) is 10.3. The van der Waals surface area contributed by atoms with Crippen molar-refractivity contribution in [1.29, 1.82) is 5.41 Å². The maximum Gasteiger partial charge on any atom is 0.297 e. The number of allylic oxidation sites excluding steroid dienone is 4. The molecular weight excluding hydrogens is 222 g/mol. The zero-order valence-corrected chi connectivity index (χ0v) is 9.97. The zero-order valence-electron chi connectivity index (χ0n) is 9.97. The standard InChI is InChI=1S/C11H15N3O3/c1-7(2)11(3)5-4-8(12)10(13-15)9(6-11)14(16)17/h4-7,12,15H,1-3H3/b12-8?,13-10+. The Kier molecular flexibility index (Phi) is 3.45. The highest BCUT2D eigenvalue weighted by Crippen LogP contribution is 2.33. The van der Waals surface area contributed by atoms with Crippen molar-refractivity contribution in [2.24, 2.45) is 16.5 Å². The number of oxime groups is 1. The van der Waals surface area contributed by atoms with E-state index in [0.717, 1.165) is 0 Å². The minimum Gasteiger partial charge on any atom is -0.410 e. The molecule has 0 spiro atoms. The highest BCUT2D eigenvalue weighted by atomic mass is 16.6. The number of nitrogens with one attached hydrogen (secondary N) is 1. The minimum atomic E-state index is -0.628. The van der Waals surface area contributed by atoms with Crippen LogP contribution in [0.2, 0.25) is 0 Å².